The van der Waals surface area contributed by atoms with Crippen LogP contribution in [-0.2, 0) is 0 Å². The number of fused-ring (bicyclic) bond motifs is 1. The summed E-state index contributed by atoms with van der Waals surface area (Å²) in [6.07, 6.45) is 0. The van der Waals surface area contributed by atoms with E-state index in [4.69, 9.17) is 23.2 Å². The summed E-state index contributed by atoms with van der Waals surface area (Å²) in [6.45, 7) is 0. The zero-order chi connectivity index (χ0) is 19.7. The lowest BCUT2D eigenvalue weighted by molar-refractivity contribution is 0.102. The van der Waals surface area contributed by atoms with Gasteiger partial charge in [-0.2, -0.15) is 0 Å². The molecular weight excluding hydrogens is 415 g/mol. The van der Waals surface area contributed by atoms with Gasteiger partial charge in [0.25, 0.3) is 5.91 Å². The van der Waals surface area contributed by atoms with E-state index in [1.807, 2.05) is 18.2 Å². The molecule has 0 saturated heterocycles. The molecule has 0 aliphatic rings. The molecule has 3 aromatic carbocycles. The molecule has 7 heteroatoms. The van der Waals surface area contributed by atoms with Gasteiger partial charge in [-0.3, -0.25) is 14.9 Å². The number of carbonyl (C=O) groups is 2. The Morgan fingerprint density at radius 2 is 1.39 bits per heavy atom. The van der Waals surface area contributed by atoms with Gasteiger partial charge in [0.1, 0.15) is 5.52 Å². The number of thiazole rings is 1. The molecule has 0 fully saturated rings. The van der Waals surface area contributed by atoms with E-state index in [1.165, 1.54) is 11.3 Å². The fourth-order valence-electron chi connectivity index (χ4n) is 2.70. The van der Waals surface area contributed by atoms with E-state index in [0.29, 0.717) is 42.1 Å². The summed E-state index contributed by atoms with van der Waals surface area (Å²) in [5.41, 5.74) is 2.09. The second-order valence-corrected chi connectivity index (χ2v) is 7.77. The predicted molar refractivity (Wildman–Crippen MR) is 114 cm³/mol. The smallest absolute Gasteiger partial charge is 0.257 e. The van der Waals surface area contributed by atoms with Crippen molar-refractivity contribution in [3.8, 4) is 0 Å². The molecule has 1 amide bonds. The number of aromatic nitrogens is 1. The molecule has 4 aromatic rings. The van der Waals surface area contributed by atoms with E-state index >= 15 is 0 Å². The van der Waals surface area contributed by atoms with Crippen molar-refractivity contribution in [1.82, 2.24) is 4.98 Å². The molecule has 4 nitrogen and oxygen atoms in total. The Balaban J connectivity index is 1.53. The molecule has 0 unspecified atom stereocenters. The Bertz CT molecular complexity index is 1150. The quantitative estimate of drug-likeness (QED) is 0.401. The number of benzene rings is 3. The fraction of sp³-hybridized carbons (Fsp3) is 0. The molecule has 0 aliphatic carbocycles. The first-order valence-electron chi connectivity index (χ1n) is 8.28. The van der Waals surface area contributed by atoms with E-state index in [0.717, 1.165) is 0 Å². The van der Waals surface area contributed by atoms with Crippen molar-refractivity contribution in [3.05, 3.63) is 93.5 Å². The number of nitrogens with one attached hydrogen (secondary N) is 1. The monoisotopic (exact) mass is 426 g/mol. The number of carbonyl (C=O) groups excluding carboxylic acids is 2. The Labute approximate surface area is 174 Å². The zero-order valence-corrected chi connectivity index (χ0v) is 16.6. The van der Waals surface area contributed by atoms with E-state index in [1.54, 1.807) is 48.5 Å². The van der Waals surface area contributed by atoms with Crippen LogP contribution in [0.2, 0.25) is 10.0 Å². The van der Waals surface area contributed by atoms with Crippen LogP contribution >= 0.6 is 34.5 Å². The van der Waals surface area contributed by atoms with Crippen LogP contribution in [0.25, 0.3) is 10.2 Å². The Kier molecular flexibility index (Phi) is 5.13. The molecule has 4 rings (SSSR count). The first-order chi connectivity index (χ1) is 13.5. The third-order valence-corrected chi connectivity index (χ3v) is 5.85. The SMILES string of the molecule is O=C(Nc1nc2c(Cl)ccc(Cl)c2s1)c1ccc(C(=O)c2ccccc2)cc1. The molecule has 0 saturated carbocycles. The number of rotatable bonds is 4. The number of amides is 1. The van der Waals surface area contributed by atoms with Crippen molar-refractivity contribution < 1.29 is 9.59 Å². The molecule has 0 radical (unpaired) electrons. The van der Waals surface area contributed by atoms with Crippen molar-refractivity contribution in [2.75, 3.05) is 5.32 Å². The highest BCUT2D eigenvalue weighted by Gasteiger charge is 2.15. The van der Waals surface area contributed by atoms with Gasteiger partial charge < -0.3 is 0 Å². The van der Waals surface area contributed by atoms with Crippen LogP contribution < -0.4 is 5.32 Å². The standard InChI is InChI=1S/C21H12Cl2N2O2S/c22-15-10-11-16(23)19-17(15)24-21(28-19)25-20(27)14-8-6-13(7-9-14)18(26)12-4-2-1-3-5-12/h1-11H,(H,24,25,27). The first kappa shape index (κ1) is 18.6. The molecular formula is C21H12Cl2N2O2S. The number of halogens is 2. The maximum Gasteiger partial charge on any atom is 0.257 e. The minimum absolute atomic E-state index is 0.0944. The molecule has 1 aromatic heterocycles. The molecule has 0 bridgehead atoms. The Morgan fingerprint density at radius 3 is 2.07 bits per heavy atom. The molecule has 1 N–H and O–H groups in total. The van der Waals surface area contributed by atoms with Crippen molar-refractivity contribution in [2.45, 2.75) is 0 Å². The summed E-state index contributed by atoms with van der Waals surface area (Å²) >= 11 is 13.5. The van der Waals surface area contributed by atoms with Crippen LogP contribution in [0, 0.1) is 0 Å². The minimum atomic E-state index is -0.329. The number of hydrogen-bond donors (Lipinski definition) is 1. The van der Waals surface area contributed by atoms with Crippen LogP contribution in [0.5, 0.6) is 0 Å². The van der Waals surface area contributed by atoms with E-state index in [2.05, 4.69) is 10.3 Å². The lowest BCUT2D eigenvalue weighted by Gasteiger charge is -2.04. The van der Waals surface area contributed by atoms with Gasteiger partial charge in [0.05, 0.1) is 14.7 Å². The highest BCUT2D eigenvalue weighted by atomic mass is 35.5. The maximum absolute atomic E-state index is 12.5. The number of nitrogens with zero attached hydrogens (tertiary/aromatic N) is 1. The average molecular weight is 427 g/mol. The third-order valence-electron chi connectivity index (χ3n) is 4.11. The van der Waals surface area contributed by atoms with Gasteiger partial charge in [0, 0.05) is 16.7 Å². The predicted octanol–water partition coefficient (Wildman–Crippen LogP) is 6.09. The normalized spacial score (nSPS) is 10.8. The van der Waals surface area contributed by atoms with Crippen molar-refractivity contribution in [3.63, 3.8) is 0 Å². The maximum atomic E-state index is 12.5. The van der Waals surface area contributed by atoms with Crippen LogP contribution in [0.3, 0.4) is 0 Å². The summed E-state index contributed by atoms with van der Waals surface area (Å²) in [5.74, 6) is -0.423. The van der Waals surface area contributed by atoms with Gasteiger partial charge in [-0.1, -0.05) is 77.0 Å². The summed E-state index contributed by atoms with van der Waals surface area (Å²) in [7, 11) is 0. The van der Waals surface area contributed by atoms with Gasteiger partial charge in [0.15, 0.2) is 10.9 Å². The topological polar surface area (TPSA) is 59.1 Å². The minimum Gasteiger partial charge on any atom is -0.298 e. The lowest BCUT2D eigenvalue weighted by atomic mass is 10.0. The van der Waals surface area contributed by atoms with E-state index in [9.17, 15) is 9.59 Å². The summed E-state index contributed by atoms with van der Waals surface area (Å²) in [6, 6.07) is 18.8. The summed E-state index contributed by atoms with van der Waals surface area (Å²) in [4.78, 5) is 29.3. The van der Waals surface area contributed by atoms with E-state index in [-0.39, 0.29) is 11.7 Å². The molecule has 0 spiro atoms. The largest absolute Gasteiger partial charge is 0.298 e. The average Bonchev–Trinajstić information content (AvgIpc) is 3.16. The molecule has 138 valence electrons. The van der Waals surface area contributed by atoms with Crippen LogP contribution in [0.15, 0.2) is 66.7 Å². The first-order valence-corrected chi connectivity index (χ1v) is 9.86. The Hall–Kier alpha value is -2.73. The zero-order valence-electron chi connectivity index (χ0n) is 14.3. The van der Waals surface area contributed by atoms with Gasteiger partial charge in [-0.05, 0) is 24.3 Å². The highest BCUT2D eigenvalue weighted by Crippen LogP contribution is 2.36. The molecule has 1 heterocycles. The number of anilines is 1. The van der Waals surface area contributed by atoms with Crippen LogP contribution in [0.1, 0.15) is 26.3 Å². The van der Waals surface area contributed by atoms with Crippen molar-refractivity contribution in [1.29, 1.82) is 0 Å². The van der Waals surface area contributed by atoms with Gasteiger partial charge in [0.2, 0.25) is 0 Å². The Morgan fingerprint density at radius 1 is 0.786 bits per heavy atom. The van der Waals surface area contributed by atoms with Crippen molar-refractivity contribution >= 4 is 61.6 Å². The second-order valence-electron chi connectivity index (χ2n) is 5.95. The highest BCUT2D eigenvalue weighted by molar-refractivity contribution is 7.23. The van der Waals surface area contributed by atoms with Gasteiger partial charge in [-0.25, -0.2) is 4.98 Å². The number of hydrogen-bond acceptors (Lipinski definition) is 4. The van der Waals surface area contributed by atoms with Gasteiger partial charge in [-0.15, -0.1) is 0 Å². The molecule has 28 heavy (non-hydrogen) atoms. The third kappa shape index (κ3) is 3.64. The summed E-state index contributed by atoms with van der Waals surface area (Å²) in [5, 5.41) is 4.15. The van der Waals surface area contributed by atoms with E-state index < -0.39 is 0 Å². The lowest BCUT2D eigenvalue weighted by Crippen LogP contribution is -2.12. The fourth-order valence-corrected chi connectivity index (χ4v) is 4.11. The van der Waals surface area contributed by atoms with Crippen molar-refractivity contribution in [2.24, 2.45) is 0 Å². The molecule has 0 atom stereocenters. The van der Waals surface area contributed by atoms with Crippen LogP contribution in [-0.4, -0.2) is 16.7 Å². The second kappa shape index (κ2) is 7.72. The van der Waals surface area contributed by atoms with Gasteiger partial charge >= 0.3 is 0 Å². The van der Waals surface area contributed by atoms with Crippen LogP contribution in [0.4, 0.5) is 5.13 Å². The number of ketones is 1. The summed E-state index contributed by atoms with van der Waals surface area (Å²) < 4.78 is 0.716. The molecule has 0 aliphatic heterocycles.